The third-order valence-corrected chi connectivity index (χ3v) is 17.4. The Morgan fingerprint density at radius 3 is 1.25 bits per heavy atom. The zero-order valence-electron chi connectivity index (χ0n) is 43.2. The number of ether oxygens (including phenoxy) is 4. The molecule has 8 heterocycles. The van der Waals surface area contributed by atoms with Crippen molar-refractivity contribution in [3.8, 4) is 0 Å². The van der Waals surface area contributed by atoms with Crippen molar-refractivity contribution in [3.05, 3.63) is 32.6 Å². The number of hydrogen-bond acceptors (Lipinski definition) is 24. The van der Waals surface area contributed by atoms with Gasteiger partial charge in [0.2, 0.25) is 17.7 Å². The summed E-state index contributed by atoms with van der Waals surface area (Å²) in [6.45, 7) is 1.52. The number of rotatable bonds is 22. The average Bonchev–Trinajstić information content (AvgIpc) is 4.21. The second-order valence-electron chi connectivity index (χ2n) is 20.1. The van der Waals surface area contributed by atoms with Crippen molar-refractivity contribution in [2.75, 3.05) is 46.1 Å². The Balaban J connectivity index is 0.950. The molecule has 37 nitrogen and oxygen atoms in total. The second-order valence-corrected chi connectivity index (χ2v) is 25.5. The van der Waals surface area contributed by atoms with Crippen molar-refractivity contribution >= 4 is 67.1 Å². The normalized spacial score (nSPS) is 35.4. The monoisotopic (exact) mass is 1240 g/mol. The first-order chi connectivity index (χ1) is 37.7. The van der Waals surface area contributed by atoms with Crippen LogP contribution in [0.1, 0.15) is 58.2 Å². The molecule has 7 aliphatic heterocycles. The van der Waals surface area contributed by atoms with Crippen molar-refractivity contribution in [1.29, 1.82) is 0 Å². The summed E-state index contributed by atoms with van der Waals surface area (Å²) >= 11 is 0. The number of phosphoric acid groups is 4. The lowest BCUT2D eigenvalue weighted by Crippen LogP contribution is -2.57. The van der Waals surface area contributed by atoms with Crippen LogP contribution in [0.4, 0.5) is 14.4 Å². The Morgan fingerprint density at radius 2 is 0.852 bits per heavy atom. The highest BCUT2D eigenvalue weighted by atomic mass is 31.2. The van der Waals surface area contributed by atoms with Gasteiger partial charge in [0.05, 0.1) is 50.3 Å². The first-order valence-corrected chi connectivity index (χ1v) is 30.9. The molecule has 0 aromatic carbocycles. The van der Waals surface area contributed by atoms with E-state index in [9.17, 15) is 86.2 Å². The molecule has 0 spiro atoms. The number of phosphoric ester groups is 4. The van der Waals surface area contributed by atoms with Crippen molar-refractivity contribution in [3.63, 3.8) is 0 Å². The van der Waals surface area contributed by atoms with Gasteiger partial charge in [-0.2, -0.15) is 0 Å². The van der Waals surface area contributed by atoms with E-state index in [1.807, 2.05) is 0 Å². The molecule has 18 atom stereocenters. The summed E-state index contributed by atoms with van der Waals surface area (Å²) in [5, 5.41) is 17.1. The number of aryl methyl sites for hydroxylation is 1. The first kappa shape index (κ1) is 62.8. The Kier molecular flexibility index (Phi) is 19.2. The molecule has 7 saturated heterocycles. The summed E-state index contributed by atoms with van der Waals surface area (Å²) in [6.07, 6.45) is -18.2. The van der Waals surface area contributed by atoms with Crippen LogP contribution in [0.2, 0.25) is 0 Å². The number of nitrogens with one attached hydrogen (secondary N) is 4. The third-order valence-electron chi connectivity index (χ3n) is 13.9. The van der Waals surface area contributed by atoms with Gasteiger partial charge in [0.25, 0.3) is 5.56 Å². The van der Waals surface area contributed by atoms with Crippen LogP contribution in [0.15, 0.2) is 15.8 Å². The number of aliphatic hydroxyl groups excluding tert-OH is 1. The van der Waals surface area contributed by atoms with Crippen LogP contribution in [-0.2, 0) is 83.3 Å². The van der Waals surface area contributed by atoms with Crippen molar-refractivity contribution in [1.82, 2.24) is 40.2 Å². The number of aliphatic hydroxyl groups is 1. The van der Waals surface area contributed by atoms with Gasteiger partial charge in [-0.3, -0.25) is 91.0 Å². The molecule has 0 saturated carbocycles. The number of H-pyrrole nitrogens is 1. The smallest absolute Gasteiger partial charge is 0.390 e. The summed E-state index contributed by atoms with van der Waals surface area (Å²) in [5.41, 5.74) is -1.74. The fourth-order valence-electron chi connectivity index (χ4n) is 9.60. The number of nitrogens with zero attached hydrogens (tertiary/aromatic N) is 4. The predicted octanol–water partition coefficient (Wildman–Crippen LogP) is -1.98. The molecule has 0 bridgehead atoms. The molecule has 0 radical (unpaired) electrons. The van der Waals surface area contributed by atoms with Crippen LogP contribution in [0.25, 0.3) is 0 Å². The molecule has 10 N–H and O–H groups in total. The summed E-state index contributed by atoms with van der Waals surface area (Å²) in [5.74, 6) is -3.93. The number of aromatic nitrogens is 2. The van der Waals surface area contributed by atoms with Crippen LogP contribution >= 0.6 is 31.3 Å². The molecule has 8 rings (SSSR count). The van der Waals surface area contributed by atoms with Crippen LogP contribution in [0, 0.1) is 24.7 Å². The van der Waals surface area contributed by atoms with E-state index in [-0.39, 0.29) is 31.6 Å². The van der Waals surface area contributed by atoms with Crippen molar-refractivity contribution < 1.29 is 127 Å². The van der Waals surface area contributed by atoms with E-state index in [1.165, 1.54) is 20.8 Å². The molecule has 7 aliphatic rings. The minimum Gasteiger partial charge on any atom is -0.390 e. The molecule has 7 fully saturated rings. The average molecular weight is 1240 g/mol. The van der Waals surface area contributed by atoms with Crippen LogP contribution in [0.3, 0.4) is 0 Å². The van der Waals surface area contributed by atoms with Gasteiger partial charge in [-0.1, -0.05) is 20.8 Å². The van der Waals surface area contributed by atoms with Gasteiger partial charge in [-0.25, -0.2) is 37.4 Å². The van der Waals surface area contributed by atoms with E-state index in [4.69, 9.17) is 46.1 Å². The van der Waals surface area contributed by atoms with Crippen molar-refractivity contribution in [2.24, 2.45) is 17.8 Å². The largest absolute Gasteiger partial charge is 0.472 e. The van der Waals surface area contributed by atoms with Gasteiger partial charge < -0.3 is 48.5 Å². The molecule has 41 heteroatoms. The maximum atomic E-state index is 13.9. The van der Waals surface area contributed by atoms with Crippen LogP contribution < -0.4 is 27.2 Å². The minimum atomic E-state index is -5.48. The topological polar surface area (TPSA) is 494 Å². The summed E-state index contributed by atoms with van der Waals surface area (Å²) in [4.78, 5) is 157. The lowest BCUT2D eigenvalue weighted by Gasteiger charge is -2.34. The fourth-order valence-corrected chi connectivity index (χ4v) is 12.8. The number of carbonyl (C=O) groups is 6. The van der Waals surface area contributed by atoms with Gasteiger partial charge in [-0.15, -0.1) is 0 Å². The Morgan fingerprint density at radius 1 is 0.519 bits per heavy atom. The number of amides is 9. The van der Waals surface area contributed by atoms with Gasteiger partial charge in [0, 0.05) is 57.1 Å². The first-order valence-electron chi connectivity index (χ1n) is 24.9. The Labute approximate surface area is 457 Å². The SMILES string of the molecule is Cc1cn(C2CC(OP(=O)(O)OCC3OC(N4CC(C)C(=O)NC4=O)CC3O)C(COP(=O)(O)OC3CC(N4CC(C)C(=O)NC4=O)OC3COP(=O)(O)OC3CC(N4CC(C)C(=O)NC4=O)OC3COP(=O)(O)O)O2)c(=O)[nH]c1=O. The lowest BCUT2D eigenvalue weighted by molar-refractivity contribution is -0.129. The number of imide groups is 3. The number of urea groups is 3. The molecule has 81 heavy (non-hydrogen) atoms. The minimum absolute atomic E-state index is 0.0231. The quantitative estimate of drug-likeness (QED) is 0.0562. The Hall–Kier alpha value is -4.26. The van der Waals surface area contributed by atoms with Gasteiger partial charge in [-0.05, 0) is 6.92 Å². The molecule has 1 aromatic heterocycles. The van der Waals surface area contributed by atoms with Gasteiger partial charge in [0.15, 0.2) is 0 Å². The zero-order chi connectivity index (χ0) is 59.3. The van der Waals surface area contributed by atoms with E-state index in [0.29, 0.717) is 0 Å². The molecule has 0 aliphatic carbocycles. The van der Waals surface area contributed by atoms with Crippen LogP contribution in [0.5, 0.6) is 0 Å². The second kappa shape index (κ2) is 24.8. The maximum absolute atomic E-state index is 13.9. The van der Waals surface area contributed by atoms with E-state index >= 15 is 0 Å². The van der Waals surface area contributed by atoms with E-state index < -0.39 is 216 Å². The lowest BCUT2D eigenvalue weighted by atomic mass is 10.1. The predicted molar refractivity (Wildman–Crippen MR) is 259 cm³/mol. The third kappa shape index (κ3) is 15.6. The zero-order valence-corrected chi connectivity index (χ0v) is 46.7. The fraction of sp³-hybridized carbons (Fsp3) is 0.750. The van der Waals surface area contributed by atoms with Crippen LogP contribution in [-0.4, -0.2) is 203 Å². The number of carbonyl (C=O) groups excluding carboxylic acids is 6. The van der Waals surface area contributed by atoms with Gasteiger partial charge >= 0.3 is 55.1 Å². The summed E-state index contributed by atoms with van der Waals surface area (Å²) < 4.78 is 113. The molecule has 1 aromatic rings. The highest BCUT2D eigenvalue weighted by Gasteiger charge is 2.51. The highest BCUT2D eigenvalue weighted by molar-refractivity contribution is 7.48. The highest BCUT2D eigenvalue weighted by Crippen LogP contribution is 2.53. The molecular weight excluding hydrogens is 1180 g/mol. The van der Waals surface area contributed by atoms with E-state index in [1.54, 1.807) is 6.92 Å². The maximum Gasteiger partial charge on any atom is 0.472 e. The molecule has 9 amide bonds. The Bertz CT molecular complexity index is 2930. The summed E-state index contributed by atoms with van der Waals surface area (Å²) in [6, 6.07) is -2.66. The van der Waals surface area contributed by atoms with Crippen molar-refractivity contribution in [2.45, 2.75) is 127 Å². The standard InChI is InChI=1S/C40H60N8O29P4/c1-17-9-45(37(54)41-33(17)50)29-5-21(49)25(71-29)13-68-79(61,62)76-23-7-31(47-11-19(3)35(52)43-39(47)56)73-27(23)15-70-81(65,66)77-24-8-32(48-12-20(4)36(53)44-40(48)57)74-28(24)16-69-80(63,64)75-22-6-30(72-26(22)14-67-78(58,59)60)46-10-18(2)34(51)42-38(46)55/h11,17-18,20-32,49H,5-10,12-16H2,1-4H3,(H,61,62)(H,63,64)(H,65,66)(H,41,50,54)(H,42,51,55)(H,43,52,56)(H,44,53,57)(H2,58,59,60). The number of hydrogen-bond donors (Lipinski definition) is 10. The number of aromatic amines is 1. The molecule has 18 unspecified atom stereocenters. The molecule has 454 valence electrons. The summed E-state index contributed by atoms with van der Waals surface area (Å²) in [7, 11) is -21.3. The van der Waals surface area contributed by atoms with Gasteiger partial charge in [0.1, 0.15) is 67.6 Å². The molecular formula is C40H60N8O29P4. The van der Waals surface area contributed by atoms with E-state index in [0.717, 1.165) is 25.5 Å². The van der Waals surface area contributed by atoms with E-state index in [2.05, 4.69) is 25.5 Å².